The largest absolute Gasteiger partial charge is 0.479 e. The average Bonchev–Trinajstić information content (AvgIpc) is 2.83. The Labute approximate surface area is 132 Å². The summed E-state index contributed by atoms with van der Waals surface area (Å²) in [6.07, 6.45) is 0. The molecule has 1 amide bonds. The van der Waals surface area contributed by atoms with Crippen molar-refractivity contribution in [1.29, 1.82) is 0 Å². The highest BCUT2D eigenvalue weighted by Crippen LogP contribution is 2.25. The summed E-state index contributed by atoms with van der Waals surface area (Å²) >= 11 is 10.6. The number of hydrogen-bond acceptors (Lipinski definition) is 3. The lowest BCUT2D eigenvalue weighted by Gasteiger charge is -2.15. The summed E-state index contributed by atoms with van der Waals surface area (Å²) in [4.78, 5) is 23.4. The van der Waals surface area contributed by atoms with E-state index in [-0.39, 0.29) is 0 Å². The van der Waals surface area contributed by atoms with Gasteiger partial charge < -0.3 is 10.4 Å². The molecular formula is C13H9BrClNO3S. The highest BCUT2D eigenvalue weighted by molar-refractivity contribution is 9.11. The van der Waals surface area contributed by atoms with E-state index in [9.17, 15) is 14.7 Å². The summed E-state index contributed by atoms with van der Waals surface area (Å²) in [6.45, 7) is 0. The first-order chi connectivity index (χ1) is 9.49. The standard InChI is InChI=1S/C13H9BrClNO3S/c14-10-5-7(6-20-10)12(17)16-11(13(18)19)8-3-1-2-4-9(8)15/h1-6,11H,(H,16,17)(H,18,19)/t11-/m1/s1. The van der Waals surface area contributed by atoms with Gasteiger partial charge in [0.15, 0.2) is 6.04 Å². The Morgan fingerprint density at radius 2 is 2.05 bits per heavy atom. The molecular weight excluding hydrogens is 366 g/mol. The van der Waals surface area contributed by atoms with Crippen LogP contribution in [0.4, 0.5) is 0 Å². The second-order valence-electron chi connectivity index (χ2n) is 3.91. The molecule has 0 aliphatic rings. The Kier molecular flexibility index (Phi) is 4.80. The molecule has 1 atom stereocenters. The summed E-state index contributed by atoms with van der Waals surface area (Å²) < 4.78 is 0.798. The van der Waals surface area contributed by atoms with Crippen molar-refractivity contribution < 1.29 is 14.7 Å². The van der Waals surface area contributed by atoms with Crippen LogP contribution in [0.3, 0.4) is 0 Å². The molecule has 0 aliphatic carbocycles. The Balaban J connectivity index is 2.25. The molecule has 0 unspecified atom stereocenters. The molecule has 0 spiro atoms. The van der Waals surface area contributed by atoms with E-state index in [0.29, 0.717) is 16.1 Å². The minimum absolute atomic E-state index is 0.298. The van der Waals surface area contributed by atoms with Crippen molar-refractivity contribution in [1.82, 2.24) is 5.32 Å². The normalized spacial score (nSPS) is 11.9. The topological polar surface area (TPSA) is 66.4 Å². The van der Waals surface area contributed by atoms with E-state index in [1.54, 1.807) is 35.7 Å². The Bertz CT molecular complexity index is 659. The van der Waals surface area contributed by atoms with Gasteiger partial charge in [0.25, 0.3) is 5.91 Å². The van der Waals surface area contributed by atoms with Crippen molar-refractivity contribution in [2.45, 2.75) is 6.04 Å². The van der Waals surface area contributed by atoms with Crippen molar-refractivity contribution in [2.24, 2.45) is 0 Å². The molecule has 1 heterocycles. The molecule has 1 aromatic carbocycles. The van der Waals surface area contributed by atoms with Crippen molar-refractivity contribution in [2.75, 3.05) is 0 Å². The van der Waals surface area contributed by atoms with Crippen LogP contribution in [0, 0.1) is 0 Å². The lowest BCUT2D eigenvalue weighted by Crippen LogP contribution is -2.33. The average molecular weight is 375 g/mol. The number of carbonyl (C=O) groups is 2. The van der Waals surface area contributed by atoms with Crippen LogP contribution in [0.1, 0.15) is 22.0 Å². The first kappa shape index (κ1) is 15.0. The summed E-state index contributed by atoms with van der Waals surface area (Å²) in [7, 11) is 0. The third-order valence-electron chi connectivity index (χ3n) is 2.57. The Morgan fingerprint density at radius 1 is 1.35 bits per heavy atom. The van der Waals surface area contributed by atoms with E-state index in [4.69, 9.17) is 11.6 Å². The molecule has 20 heavy (non-hydrogen) atoms. The summed E-state index contributed by atoms with van der Waals surface area (Å²) in [6, 6.07) is 6.97. The number of hydrogen-bond donors (Lipinski definition) is 2. The van der Waals surface area contributed by atoms with Gasteiger partial charge in [0.1, 0.15) is 0 Å². The number of carbonyl (C=O) groups excluding carboxylic acids is 1. The number of nitrogens with one attached hydrogen (secondary N) is 1. The maximum Gasteiger partial charge on any atom is 0.330 e. The van der Waals surface area contributed by atoms with Gasteiger partial charge >= 0.3 is 5.97 Å². The number of amides is 1. The predicted molar refractivity (Wildman–Crippen MR) is 81.3 cm³/mol. The van der Waals surface area contributed by atoms with Gasteiger partial charge in [0.05, 0.1) is 9.35 Å². The van der Waals surface area contributed by atoms with Crippen LogP contribution in [0.2, 0.25) is 5.02 Å². The van der Waals surface area contributed by atoms with Crippen LogP contribution in [0.25, 0.3) is 0 Å². The Hall–Kier alpha value is -1.37. The molecule has 0 radical (unpaired) electrons. The zero-order valence-corrected chi connectivity index (χ0v) is 13.1. The monoisotopic (exact) mass is 373 g/mol. The van der Waals surface area contributed by atoms with E-state index < -0.39 is 17.9 Å². The molecule has 2 N–H and O–H groups in total. The lowest BCUT2D eigenvalue weighted by molar-refractivity contribution is -0.139. The smallest absolute Gasteiger partial charge is 0.330 e. The number of halogens is 2. The zero-order chi connectivity index (χ0) is 14.7. The molecule has 7 heteroatoms. The van der Waals surface area contributed by atoms with Gasteiger partial charge in [-0.25, -0.2) is 4.79 Å². The molecule has 0 bridgehead atoms. The minimum atomic E-state index is -1.19. The van der Waals surface area contributed by atoms with Gasteiger partial charge in [-0.15, -0.1) is 11.3 Å². The molecule has 0 aliphatic heterocycles. The van der Waals surface area contributed by atoms with E-state index in [0.717, 1.165) is 3.79 Å². The fraction of sp³-hybridized carbons (Fsp3) is 0.0769. The molecule has 2 rings (SSSR count). The quantitative estimate of drug-likeness (QED) is 0.857. The van der Waals surface area contributed by atoms with Crippen LogP contribution >= 0.6 is 38.9 Å². The summed E-state index contributed by atoms with van der Waals surface area (Å²) in [5, 5.41) is 13.7. The summed E-state index contributed by atoms with van der Waals surface area (Å²) in [5.41, 5.74) is 0.754. The number of benzene rings is 1. The van der Waals surface area contributed by atoms with Crippen molar-refractivity contribution >= 4 is 50.7 Å². The maximum absolute atomic E-state index is 12.0. The third kappa shape index (κ3) is 3.39. The predicted octanol–water partition coefficient (Wildman–Crippen LogP) is 3.72. The molecule has 0 saturated heterocycles. The van der Waals surface area contributed by atoms with Crippen LogP contribution in [-0.2, 0) is 4.79 Å². The number of aliphatic carboxylic acids is 1. The molecule has 104 valence electrons. The van der Waals surface area contributed by atoms with Crippen molar-refractivity contribution in [3.8, 4) is 0 Å². The van der Waals surface area contributed by atoms with Crippen molar-refractivity contribution in [3.05, 3.63) is 55.6 Å². The number of carboxylic acids is 1. The fourth-order valence-corrected chi connectivity index (χ4v) is 3.01. The molecule has 2 aromatic rings. The molecule has 0 saturated carbocycles. The van der Waals surface area contributed by atoms with Gasteiger partial charge in [0, 0.05) is 16.0 Å². The highest BCUT2D eigenvalue weighted by Gasteiger charge is 2.24. The SMILES string of the molecule is O=C(N[C@@H](C(=O)O)c1ccccc1Cl)c1csc(Br)c1. The highest BCUT2D eigenvalue weighted by atomic mass is 79.9. The van der Waals surface area contributed by atoms with E-state index in [1.807, 2.05) is 0 Å². The number of thiophene rings is 1. The number of rotatable bonds is 4. The van der Waals surface area contributed by atoms with E-state index in [2.05, 4.69) is 21.2 Å². The molecule has 0 fully saturated rings. The van der Waals surface area contributed by atoms with Crippen LogP contribution in [0.5, 0.6) is 0 Å². The number of carboxylic acid groups (broad SMARTS) is 1. The van der Waals surface area contributed by atoms with Crippen LogP contribution < -0.4 is 5.32 Å². The fourth-order valence-electron chi connectivity index (χ4n) is 1.63. The van der Waals surface area contributed by atoms with Crippen LogP contribution in [0.15, 0.2) is 39.5 Å². The van der Waals surface area contributed by atoms with E-state index in [1.165, 1.54) is 11.3 Å². The van der Waals surface area contributed by atoms with Gasteiger partial charge in [-0.3, -0.25) is 4.79 Å². The first-order valence-electron chi connectivity index (χ1n) is 5.51. The minimum Gasteiger partial charge on any atom is -0.479 e. The van der Waals surface area contributed by atoms with Gasteiger partial charge in [-0.05, 0) is 28.1 Å². The zero-order valence-electron chi connectivity index (χ0n) is 9.97. The second kappa shape index (κ2) is 6.39. The molecule has 1 aromatic heterocycles. The lowest BCUT2D eigenvalue weighted by atomic mass is 10.1. The third-order valence-corrected chi connectivity index (χ3v) is 4.42. The maximum atomic E-state index is 12.0. The van der Waals surface area contributed by atoms with Gasteiger partial charge in [-0.2, -0.15) is 0 Å². The molecule has 4 nitrogen and oxygen atoms in total. The van der Waals surface area contributed by atoms with Crippen molar-refractivity contribution in [3.63, 3.8) is 0 Å². The first-order valence-corrected chi connectivity index (χ1v) is 7.56. The summed E-state index contributed by atoms with van der Waals surface area (Å²) in [5.74, 6) is -1.62. The van der Waals surface area contributed by atoms with E-state index >= 15 is 0 Å². The second-order valence-corrected chi connectivity index (χ2v) is 6.60. The van der Waals surface area contributed by atoms with Crippen LogP contribution in [-0.4, -0.2) is 17.0 Å². The van der Waals surface area contributed by atoms with Gasteiger partial charge in [0.2, 0.25) is 0 Å². The van der Waals surface area contributed by atoms with Gasteiger partial charge in [-0.1, -0.05) is 29.8 Å². The Morgan fingerprint density at radius 3 is 2.60 bits per heavy atom.